The van der Waals surface area contributed by atoms with E-state index >= 15 is 0 Å². The van der Waals surface area contributed by atoms with Gasteiger partial charge in [0, 0.05) is 23.6 Å². The lowest BCUT2D eigenvalue weighted by Crippen LogP contribution is -2.15. The smallest absolute Gasteiger partial charge is 0.235 e. The van der Waals surface area contributed by atoms with Crippen LogP contribution in [0.3, 0.4) is 0 Å². The number of pyridine rings is 1. The maximum atomic E-state index is 11.8. The molecule has 0 unspecified atom stereocenters. The van der Waals surface area contributed by atoms with Crippen LogP contribution < -0.4 is 5.32 Å². The molecule has 112 valence electrons. The number of anilines is 1. The number of amides is 1. The van der Waals surface area contributed by atoms with E-state index in [4.69, 9.17) is 27.7 Å². The van der Waals surface area contributed by atoms with Crippen molar-refractivity contribution in [3.8, 4) is 0 Å². The zero-order valence-electron chi connectivity index (χ0n) is 11.4. The molecule has 0 spiro atoms. The second-order valence-electron chi connectivity index (χ2n) is 4.33. The first-order valence-corrected chi connectivity index (χ1v) is 7.99. The van der Waals surface area contributed by atoms with Crippen molar-refractivity contribution in [2.75, 3.05) is 11.1 Å². The van der Waals surface area contributed by atoms with Crippen molar-refractivity contribution in [3.05, 3.63) is 39.3 Å². The van der Waals surface area contributed by atoms with E-state index in [9.17, 15) is 4.79 Å². The number of hydrogen-bond acceptors (Lipinski definition) is 5. The van der Waals surface area contributed by atoms with Crippen LogP contribution in [-0.4, -0.2) is 21.8 Å². The van der Waals surface area contributed by atoms with Crippen LogP contribution in [0.15, 0.2) is 16.8 Å². The van der Waals surface area contributed by atoms with Gasteiger partial charge in [0.05, 0.1) is 21.5 Å². The van der Waals surface area contributed by atoms with Gasteiger partial charge in [-0.2, -0.15) is 0 Å². The first kappa shape index (κ1) is 16.1. The minimum absolute atomic E-state index is 0.155. The number of aromatic nitrogens is 2. The number of hydrogen-bond donors (Lipinski definition) is 1. The van der Waals surface area contributed by atoms with Gasteiger partial charge in [-0.1, -0.05) is 28.4 Å². The summed E-state index contributed by atoms with van der Waals surface area (Å²) in [5.41, 5.74) is 1.88. The number of nitrogens with zero attached hydrogens (tertiary/aromatic N) is 2. The highest BCUT2D eigenvalue weighted by Gasteiger charge is 2.11. The van der Waals surface area contributed by atoms with Gasteiger partial charge in [-0.15, -0.1) is 11.8 Å². The lowest BCUT2D eigenvalue weighted by molar-refractivity contribution is -0.113. The van der Waals surface area contributed by atoms with Gasteiger partial charge in [-0.3, -0.25) is 4.79 Å². The van der Waals surface area contributed by atoms with E-state index in [1.54, 1.807) is 0 Å². The Morgan fingerprint density at radius 3 is 2.76 bits per heavy atom. The lowest BCUT2D eigenvalue weighted by atomic mass is 10.2. The van der Waals surface area contributed by atoms with E-state index < -0.39 is 0 Å². The summed E-state index contributed by atoms with van der Waals surface area (Å²) < 4.78 is 5.07. The lowest BCUT2D eigenvalue weighted by Gasteiger charge is -2.05. The number of carbonyl (C=O) groups excluding carboxylic acids is 1. The molecule has 0 saturated carbocycles. The third kappa shape index (κ3) is 4.36. The van der Waals surface area contributed by atoms with Crippen molar-refractivity contribution >= 4 is 46.7 Å². The van der Waals surface area contributed by atoms with Gasteiger partial charge in [-0.05, 0) is 13.8 Å². The van der Waals surface area contributed by atoms with Crippen LogP contribution in [0.1, 0.15) is 17.0 Å². The Hall–Kier alpha value is -1.24. The van der Waals surface area contributed by atoms with E-state index in [1.165, 1.54) is 24.0 Å². The highest BCUT2D eigenvalue weighted by Crippen LogP contribution is 2.23. The number of rotatable bonds is 5. The zero-order chi connectivity index (χ0) is 15.4. The van der Waals surface area contributed by atoms with Crippen molar-refractivity contribution < 1.29 is 9.32 Å². The first-order chi connectivity index (χ1) is 9.97. The summed E-state index contributed by atoms with van der Waals surface area (Å²) in [6.45, 7) is 3.74. The summed E-state index contributed by atoms with van der Waals surface area (Å²) in [4.78, 5) is 15.8. The van der Waals surface area contributed by atoms with Gasteiger partial charge in [0.1, 0.15) is 11.6 Å². The van der Waals surface area contributed by atoms with Crippen molar-refractivity contribution in [3.63, 3.8) is 0 Å². The Balaban J connectivity index is 1.84. The largest absolute Gasteiger partial charge is 0.361 e. The fraction of sp³-hybridized carbons (Fsp3) is 0.308. The summed E-state index contributed by atoms with van der Waals surface area (Å²) in [5, 5.41) is 7.24. The Morgan fingerprint density at radius 1 is 1.38 bits per heavy atom. The molecule has 0 aliphatic carbocycles. The molecule has 0 fully saturated rings. The molecule has 2 heterocycles. The number of carbonyl (C=O) groups is 1. The Bertz CT molecular complexity index is 641. The third-order valence-electron chi connectivity index (χ3n) is 2.74. The Morgan fingerprint density at radius 2 is 2.14 bits per heavy atom. The second kappa shape index (κ2) is 7.15. The number of nitrogens with one attached hydrogen (secondary N) is 1. The number of aryl methyl sites for hydroxylation is 2. The summed E-state index contributed by atoms with van der Waals surface area (Å²) in [7, 11) is 0. The fourth-order valence-corrected chi connectivity index (χ4v) is 2.85. The minimum atomic E-state index is -0.155. The molecule has 1 N–H and O–H groups in total. The fourth-order valence-electron chi connectivity index (χ4n) is 1.62. The highest BCUT2D eigenvalue weighted by molar-refractivity contribution is 7.99. The quantitative estimate of drug-likeness (QED) is 0.890. The molecule has 0 aliphatic heterocycles. The molecule has 0 aliphatic rings. The molecule has 2 aromatic rings. The highest BCUT2D eigenvalue weighted by atomic mass is 35.5. The van der Waals surface area contributed by atoms with E-state index in [0.29, 0.717) is 27.4 Å². The van der Waals surface area contributed by atoms with Crippen LogP contribution >= 0.6 is 35.0 Å². The van der Waals surface area contributed by atoms with E-state index in [-0.39, 0.29) is 5.91 Å². The molecule has 21 heavy (non-hydrogen) atoms. The Labute approximate surface area is 136 Å². The summed E-state index contributed by atoms with van der Waals surface area (Å²) in [6, 6.07) is 1.51. The van der Waals surface area contributed by atoms with Crippen molar-refractivity contribution in [1.29, 1.82) is 0 Å². The minimum Gasteiger partial charge on any atom is -0.361 e. The average Bonchev–Trinajstić information content (AvgIpc) is 2.74. The SMILES string of the molecule is Cc1noc(C)c1CSCC(=O)Nc1cc(Cl)c(Cl)cn1. The standard InChI is InChI=1S/C13H13Cl2N3O2S/c1-7-9(8(2)20-18-7)5-21-6-13(19)17-12-3-10(14)11(15)4-16-12/h3-4H,5-6H2,1-2H3,(H,16,17,19). The zero-order valence-corrected chi connectivity index (χ0v) is 13.8. The van der Waals surface area contributed by atoms with Gasteiger partial charge >= 0.3 is 0 Å². The molecule has 1 amide bonds. The maximum absolute atomic E-state index is 11.8. The molecule has 8 heteroatoms. The topological polar surface area (TPSA) is 68.0 Å². The van der Waals surface area contributed by atoms with Crippen LogP contribution in [0.5, 0.6) is 0 Å². The average molecular weight is 346 g/mol. The molecule has 0 aromatic carbocycles. The predicted octanol–water partition coefficient (Wildman–Crippen LogP) is 3.87. The van der Waals surface area contributed by atoms with Crippen molar-refractivity contribution in [2.45, 2.75) is 19.6 Å². The maximum Gasteiger partial charge on any atom is 0.235 e. The van der Waals surface area contributed by atoms with Crippen LogP contribution in [0.4, 0.5) is 5.82 Å². The van der Waals surface area contributed by atoms with Crippen LogP contribution in [0.25, 0.3) is 0 Å². The molecule has 0 radical (unpaired) electrons. The molecule has 2 aromatic heterocycles. The van der Waals surface area contributed by atoms with Crippen LogP contribution in [-0.2, 0) is 10.5 Å². The summed E-state index contributed by atoms with van der Waals surface area (Å²) in [6.07, 6.45) is 1.40. The van der Waals surface area contributed by atoms with Gasteiger partial charge in [0.2, 0.25) is 5.91 Å². The molecule has 2 rings (SSSR count). The van der Waals surface area contributed by atoms with Crippen molar-refractivity contribution in [1.82, 2.24) is 10.1 Å². The van der Waals surface area contributed by atoms with E-state index in [0.717, 1.165) is 17.0 Å². The monoisotopic (exact) mass is 345 g/mol. The van der Waals surface area contributed by atoms with Gasteiger partial charge in [0.15, 0.2) is 0 Å². The van der Waals surface area contributed by atoms with Gasteiger partial charge < -0.3 is 9.84 Å². The van der Waals surface area contributed by atoms with Crippen LogP contribution in [0.2, 0.25) is 10.0 Å². The van der Waals surface area contributed by atoms with Gasteiger partial charge in [0.25, 0.3) is 0 Å². The van der Waals surface area contributed by atoms with E-state index in [1.807, 2.05) is 13.8 Å². The number of halogens is 2. The molecule has 0 saturated heterocycles. The van der Waals surface area contributed by atoms with Gasteiger partial charge in [-0.25, -0.2) is 4.98 Å². The molecular weight excluding hydrogens is 333 g/mol. The molecular formula is C13H13Cl2N3O2S. The first-order valence-electron chi connectivity index (χ1n) is 6.07. The normalized spacial score (nSPS) is 10.7. The Kier molecular flexibility index (Phi) is 5.50. The molecule has 0 atom stereocenters. The molecule has 5 nitrogen and oxygen atoms in total. The molecule has 0 bridgehead atoms. The van der Waals surface area contributed by atoms with E-state index in [2.05, 4.69) is 15.5 Å². The third-order valence-corrected chi connectivity index (χ3v) is 4.41. The number of thioether (sulfide) groups is 1. The van der Waals surface area contributed by atoms with Crippen LogP contribution in [0, 0.1) is 13.8 Å². The summed E-state index contributed by atoms with van der Waals surface area (Å²) >= 11 is 13.1. The predicted molar refractivity (Wildman–Crippen MR) is 85.0 cm³/mol. The summed E-state index contributed by atoms with van der Waals surface area (Å²) in [5.74, 6) is 1.98. The van der Waals surface area contributed by atoms with Crippen molar-refractivity contribution in [2.24, 2.45) is 0 Å². The second-order valence-corrected chi connectivity index (χ2v) is 6.13.